The summed E-state index contributed by atoms with van der Waals surface area (Å²) in [4.78, 5) is 7.07. The first-order chi connectivity index (χ1) is 9.68. The molecule has 0 amide bonds. The molecule has 1 atom stereocenters. The molecule has 1 aromatic carbocycles. The van der Waals surface area contributed by atoms with Gasteiger partial charge < -0.3 is 4.90 Å². The number of rotatable bonds is 3. The van der Waals surface area contributed by atoms with Crippen molar-refractivity contribution in [1.29, 1.82) is 0 Å². The Labute approximate surface area is 126 Å². The monoisotopic (exact) mass is 308 g/mol. The van der Waals surface area contributed by atoms with E-state index in [9.17, 15) is 4.21 Å². The summed E-state index contributed by atoms with van der Waals surface area (Å²) in [6.07, 6.45) is 1.94. The van der Waals surface area contributed by atoms with E-state index in [1.54, 1.807) is 11.3 Å². The van der Waals surface area contributed by atoms with Crippen molar-refractivity contribution in [3.8, 4) is 0 Å². The van der Waals surface area contributed by atoms with Gasteiger partial charge in [0.1, 0.15) is 0 Å². The van der Waals surface area contributed by atoms with Crippen LogP contribution in [0.4, 0.5) is 5.13 Å². The number of hydrogen-bond donors (Lipinski definition) is 0. The van der Waals surface area contributed by atoms with Gasteiger partial charge in [0.15, 0.2) is 5.13 Å². The summed E-state index contributed by atoms with van der Waals surface area (Å²) in [6.45, 7) is 6.03. The van der Waals surface area contributed by atoms with Gasteiger partial charge in [-0.2, -0.15) is 0 Å². The Balaban J connectivity index is 1.92. The second-order valence-corrected chi connectivity index (χ2v) is 8.30. The lowest BCUT2D eigenvalue weighted by molar-refractivity contribution is 0.496. The van der Waals surface area contributed by atoms with E-state index < -0.39 is 10.8 Å². The number of anilines is 1. The van der Waals surface area contributed by atoms with Gasteiger partial charge in [0.05, 0.1) is 15.0 Å². The van der Waals surface area contributed by atoms with Crippen molar-refractivity contribution in [3.63, 3.8) is 0 Å². The van der Waals surface area contributed by atoms with Gasteiger partial charge in [-0.3, -0.25) is 4.21 Å². The maximum atomic E-state index is 12.4. The number of thiazole rings is 1. The predicted molar refractivity (Wildman–Crippen MR) is 88.2 cm³/mol. The van der Waals surface area contributed by atoms with Crippen LogP contribution >= 0.6 is 11.3 Å². The molecule has 1 aromatic heterocycles. The fourth-order valence-electron chi connectivity index (χ4n) is 2.86. The number of para-hydroxylation sites is 1. The first-order valence-corrected chi connectivity index (χ1v) is 9.31. The number of benzene rings is 1. The van der Waals surface area contributed by atoms with Crippen molar-refractivity contribution >= 4 is 37.5 Å². The van der Waals surface area contributed by atoms with Gasteiger partial charge in [0.25, 0.3) is 0 Å². The number of aromatic nitrogens is 1. The minimum Gasteiger partial charge on any atom is -0.346 e. The largest absolute Gasteiger partial charge is 0.346 e. The van der Waals surface area contributed by atoms with Gasteiger partial charge in [-0.15, -0.1) is 0 Å². The Bertz CT molecular complexity index is 601. The van der Waals surface area contributed by atoms with Crippen LogP contribution in [-0.2, 0) is 10.8 Å². The van der Waals surface area contributed by atoms with Crippen LogP contribution in [0.5, 0.6) is 0 Å². The van der Waals surface area contributed by atoms with Crippen molar-refractivity contribution in [2.45, 2.75) is 31.4 Å². The Morgan fingerprint density at radius 2 is 2.10 bits per heavy atom. The van der Waals surface area contributed by atoms with E-state index in [1.165, 1.54) is 4.70 Å². The molecule has 1 unspecified atom stereocenters. The average Bonchev–Trinajstić information content (AvgIpc) is 2.92. The summed E-state index contributed by atoms with van der Waals surface area (Å²) in [7, 11) is -0.714. The molecule has 0 spiro atoms. The highest BCUT2D eigenvalue weighted by Crippen LogP contribution is 2.34. The van der Waals surface area contributed by atoms with Gasteiger partial charge in [-0.1, -0.05) is 37.3 Å². The van der Waals surface area contributed by atoms with Crippen LogP contribution in [-0.4, -0.2) is 32.8 Å². The van der Waals surface area contributed by atoms with Crippen molar-refractivity contribution in [2.75, 3.05) is 23.7 Å². The summed E-state index contributed by atoms with van der Waals surface area (Å²) in [6, 6.07) is 8.26. The predicted octanol–water partition coefficient (Wildman–Crippen LogP) is 3.42. The van der Waals surface area contributed by atoms with Crippen molar-refractivity contribution in [2.24, 2.45) is 0 Å². The molecule has 1 aliphatic rings. The molecule has 0 radical (unpaired) electrons. The van der Waals surface area contributed by atoms with Gasteiger partial charge in [0, 0.05) is 29.6 Å². The van der Waals surface area contributed by atoms with E-state index in [0.717, 1.165) is 42.3 Å². The zero-order valence-corrected chi connectivity index (χ0v) is 13.6. The zero-order valence-electron chi connectivity index (χ0n) is 12.0. The van der Waals surface area contributed by atoms with E-state index >= 15 is 0 Å². The quantitative estimate of drug-likeness (QED) is 0.871. The molecular formula is C15H20N2OS2. The third kappa shape index (κ3) is 2.27. The van der Waals surface area contributed by atoms with Gasteiger partial charge in [-0.25, -0.2) is 4.98 Å². The van der Waals surface area contributed by atoms with Gasteiger partial charge >= 0.3 is 0 Å². The van der Waals surface area contributed by atoms with E-state index in [2.05, 4.69) is 36.9 Å². The number of hydrogen-bond acceptors (Lipinski definition) is 4. The second-order valence-electron chi connectivity index (χ2n) is 5.33. The maximum absolute atomic E-state index is 12.4. The molecule has 20 heavy (non-hydrogen) atoms. The Kier molecular flexibility index (Phi) is 3.82. The van der Waals surface area contributed by atoms with Crippen LogP contribution in [0.3, 0.4) is 0 Å². The molecule has 0 saturated carbocycles. The standard InChI is InChI=1S/C15H20N2OS2/c1-3-15(4-2)11-17(9-10-20(15)18)14-16-12-7-5-6-8-13(12)19-14/h5-8H,3-4,9-11H2,1-2H3. The van der Waals surface area contributed by atoms with Gasteiger partial charge in [0.2, 0.25) is 0 Å². The van der Waals surface area contributed by atoms with E-state index in [-0.39, 0.29) is 4.75 Å². The minimum absolute atomic E-state index is 0.0594. The summed E-state index contributed by atoms with van der Waals surface area (Å²) in [5.74, 6) is 0.762. The Morgan fingerprint density at radius 3 is 2.80 bits per heavy atom. The fourth-order valence-corrected chi connectivity index (χ4v) is 5.62. The molecule has 0 N–H and O–H groups in total. The highest BCUT2D eigenvalue weighted by atomic mass is 32.2. The molecule has 0 bridgehead atoms. The SMILES string of the molecule is CCC1(CC)CN(c2nc3ccccc3s2)CCS1=O. The van der Waals surface area contributed by atoms with Crippen molar-refractivity contribution in [3.05, 3.63) is 24.3 Å². The molecule has 2 heterocycles. The van der Waals surface area contributed by atoms with E-state index in [0.29, 0.717) is 0 Å². The van der Waals surface area contributed by atoms with Crippen LogP contribution in [0.1, 0.15) is 26.7 Å². The molecule has 1 fully saturated rings. The van der Waals surface area contributed by atoms with Crippen LogP contribution < -0.4 is 4.90 Å². The molecule has 0 aliphatic carbocycles. The van der Waals surface area contributed by atoms with Crippen LogP contribution in [0.15, 0.2) is 24.3 Å². The van der Waals surface area contributed by atoms with Crippen molar-refractivity contribution in [1.82, 2.24) is 4.98 Å². The third-order valence-corrected chi connectivity index (χ3v) is 7.67. The molecule has 5 heteroatoms. The lowest BCUT2D eigenvalue weighted by Gasteiger charge is -2.41. The normalized spacial score (nSPS) is 22.3. The smallest absolute Gasteiger partial charge is 0.186 e. The van der Waals surface area contributed by atoms with Crippen LogP contribution in [0.2, 0.25) is 0 Å². The summed E-state index contributed by atoms with van der Waals surface area (Å²) >= 11 is 1.74. The number of nitrogens with zero attached hydrogens (tertiary/aromatic N) is 2. The molecule has 1 aliphatic heterocycles. The van der Waals surface area contributed by atoms with Crippen LogP contribution in [0, 0.1) is 0 Å². The average molecular weight is 308 g/mol. The molecule has 1 saturated heterocycles. The van der Waals surface area contributed by atoms with E-state index in [1.807, 2.05) is 6.07 Å². The van der Waals surface area contributed by atoms with Crippen LogP contribution in [0.25, 0.3) is 10.2 Å². The van der Waals surface area contributed by atoms with Crippen molar-refractivity contribution < 1.29 is 4.21 Å². The lowest BCUT2D eigenvalue weighted by atomic mass is 10.0. The summed E-state index contributed by atoms with van der Waals surface area (Å²) < 4.78 is 13.6. The molecule has 3 nitrogen and oxygen atoms in total. The molecule has 2 aromatic rings. The van der Waals surface area contributed by atoms with E-state index in [4.69, 9.17) is 4.98 Å². The zero-order chi connectivity index (χ0) is 14.2. The second kappa shape index (κ2) is 5.45. The molecular weight excluding hydrogens is 288 g/mol. The summed E-state index contributed by atoms with van der Waals surface area (Å²) in [5.41, 5.74) is 1.07. The van der Waals surface area contributed by atoms with Gasteiger partial charge in [-0.05, 0) is 25.0 Å². The first kappa shape index (κ1) is 14.0. The first-order valence-electron chi connectivity index (χ1n) is 7.17. The molecule has 108 valence electrons. The maximum Gasteiger partial charge on any atom is 0.186 e. The Morgan fingerprint density at radius 1 is 1.35 bits per heavy atom. The number of fused-ring (bicyclic) bond motifs is 1. The lowest BCUT2D eigenvalue weighted by Crippen LogP contribution is -2.53. The topological polar surface area (TPSA) is 33.2 Å². The minimum atomic E-state index is -0.714. The fraction of sp³-hybridized carbons (Fsp3) is 0.533. The highest BCUT2D eigenvalue weighted by Gasteiger charge is 2.39. The third-order valence-electron chi connectivity index (χ3n) is 4.35. The Hall–Kier alpha value is -0.940. The summed E-state index contributed by atoms with van der Waals surface area (Å²) in [5, 5.41) is 1.08. The highest BCUT2D eigenvalue weighted by molar-refractivity contribution is 7.86. The molecule has 3 rings (SSSR count).